The fraction of sp³-hybridized carbons (Fsp3) is 0.364. The fourth-order valence-corrected chi connectivity index (χ4v) is 3.46. The number of hydrogen-bond acceptors (Lipinski definition) is 4. The van der Waals surface area contributed by atoms with Gasteiger partial charge in [-0.15, -0.1) is 0 Å². The Morgan fingerprint density at radius 3 is 2.73 bits per heavy atom. The SMILES string of the molecule is CC1=C(C(=O)N[C@@H](CO)c2ccccc2)CCC2C=CC=C(OCC(F)(F)F)C2=N1. The van der Waals surface area contributed by atoms with Gasteiger partial charge in [0.25, 0.3) is 0 Å². The van der Waals surface area contributed by atoms with Crippen molar-refractivity contribution in [3.63, 3.8) is 0 Å². The third-order valence-electron chi connectivity index (χ3n) is 4.98. The number of amides is 1. The second kappa shape index (κ2) is 9.30. The van der Waals surface area contributed by atoms with Crippen LogP contribution in [-0.2, 0) is 9.53 Å². The van der Waals surface area contributed by atoms with Crippen LogP contribution in [0.1, 0.15) is 31.4 Å². The van der Waals surface area contributed by atoms with Crippen LogP contribution in [0, 0.1) is 5.92 Å². The summed E-state index contributed by atoms with van der Waals surface area (Å²) in [5, 5.41) is 12.5. The number of fused-ring (bicyclic) bond motifs is 1. The summed E-state index contributed by atoms with van der Waals surface area (Å²) < 4.78 is 42.6. The number of hydrogen-bond donors (Lipinski definition) is 2. The average molecular weight is 420 g/mol. The molecule has 5 nitrogen and oxygen atoms in total. The van der Waals surface area contributed by atoms with Gasteiger partial charge in [-0.3, -0.25) is 9.79 Å². The molecule has 2 N–H and O–H groups in total. The normalized spacial score (nSPS) is 20.0. The molecule has 1 aromatic rings. The molecule has 0 spiro atoms. The number of nitrogens with zero attached hydrogens (tertiary/aromatic N) is 1. The van der Waals surface area contributed by atoms with Crippen LogP contribution in [0.4, 0.5) is 13.2 Å². The Labute approximate surface area is 172 Å². The first kappa shape index (κ1) is 21.8. The van der Waals surface area contributed by atoms with E-state index in [0.29, 0.717) is 29.8 Å². The molecule has 0 aromatic heterocycles. The monoisotopic (exact) mass is 420 g/mol. The lowest BCUT2D eigenvalue weighted by Gasteiger charge is -2.21. The molecule has 2 aliphatic rings. The highest BCUT2D eigenvalue weighted by Crippen LogP contribution is 2.30. The Balaban J connectivity index is 1.79. The first-order chi connectivity index (χ1) is 14.3. The molecule has 1 unspecified atom stereocenters. The van der Waals surface area contributed by atoms with Crippen LogP contribution in [0.3, 0.4) is 0 Å². The van der Waals surface area contributed by atoms with Gasteiger partial charge in [0.1, 0.15) is 5.76 Å². The minimum absolute atomic E-state index is 0.0679. The molecule has 0 radical (unpaired) electrons. The highest BCUT2D eigenvalue weighted by atomic mass is 19.4. The summed E-state index contributed by atoms with van der Waals surface area (Å²) in [4.78, 5) is 17.3. The number of halogens is 3. The topological polar surface area (TPSA) is 70.9 Å². The lowest BCUT2D eigenvalue weighted by molar-refractivity contribution is -0.163. The van der Waals surface area contributed by atoms with Gasteiger partial charge in [-0.1, -0.05) is 42.5 Å². The lowest BCUT2D eigenvalue weighted by Crippen LogP contribution is -2.32. The molecule has 0 saturated carbocycles. The number of aliphatic hydroxyl groups is 1. The van der Waals surface area contributed by atoms with Crippen LogP contribution in [0.15, 0.2) is 70.6 Å². The van der Waals surface area contributed by atoms with Gasteiger partial charge < -0.3 is 15.2 Å². The summed E-state index contributed by atoms with van der Waals surface area (Å²) in [7, 11) is 0. The zero-order valence-electron chi connectivity index (χ0n) is 16.4. The van der Waals surface area contributed by atoms with E-state index in [2.05, 4.69) is 10.3 Å². The Morgan fingerprint density at radius 1 is 1.33 bits per heavy atom. The van der Waals surface area contributed by atoms with Gasteiger partial charge in [0.2, 0.25) is 5.91 Å². The number of rotatable bonds is 6. The molecule has 30 heavy (non-hydrogen) atoms. The molecule has 1 heterocycles. The number of nitrogens with one attached hydrogen (secondary N) is 1. The zero-order valence-corrected chi connectivity index (χ0v) is 16.4. The Bertz CT molecular complexity index is 902. The zero-order chi connectivity index (χ0) is 21.7. The summed E-state index contributed by atoms with van der Waals surface area (Å²) >= 11 is 0. The molecule has 2 atom stereocenters. The smallest absolute Gasteiger partial charge is 0.422 e. The van der Waals surface area contributed by atoms with Crippen molar-refractivity contribution in [2.75, 3.05) is 13.2 Å². The third kappa shape index (κ3) is 5.38. The van der Waals surface area contributed by atoms with Crippen LogP contribution < -0.4 is 5.32 Å². The molecule has 160 valence electrons. The number of allylic oxidation sites excluding steroid dienone is 5. The number of ether oxygens (including phenoxy) is 1. The van der Waals surface area contributed by atoms with E-state index in [1.165, 1.54) is 6.08 Å². The summed E-state index contributed by atoms with van der Waals surface area (Å²) in [6.07, 6.45) is 1.41. The maximum absolute atomic E-state index is 12.9. The van der Waals surface area contributed by atoms with E-state index in [-0.39, 0.29) is 24.2 Å². The predicted octanol–water partition coefficient (Wildman–Crippen LogP) is 3.99. The molecule has 8 heteroatoms. The summed E-state index contributed by atoms with van der Waals surface area (Å²) in [5.41, 5.74) is 2.03. The Hall–Kier alpha value is -2.87. The quantitative estimate of drug-likeness (QED) is 0.731. The molecular weight excluding hydrogens is 397 g/mol. The van der Waals surface area contributed by atoms with Crippen molar-refractivity contribution in [1.82, 2.24) is 5.32 Å². The Morgan fingerprint density at radius 2 is 2.07 bits per heavy atom. The minimum atomic E-state index is -4.45. The van der Waals surface area contributed by atoms with Gasteiger partial charge in [0, 0.05) is 17.2 Å². The first-order valence-electron chi connectivity index (χ1n) is 9.62. The van der Waals surface area contributed by atoms with Gasteiger partial charge in [-0.25, -0.2) is 0 Å². The molecular formula is C22H23F3N2O3. The van der Waals surface area contributed by atoms with Crippen molar-refractivity contribution in [3.05, 3.63) is 71.2 Å². The van der Waals surface area contributed by atoms with Crippen LogP contribution in [0.5, 0.6) is 0 Å². The second-order valence-corrected chi connectivity index (χ2v) is 7.15. The highest BCUT2D eigenvalue weighted by molar-refractivity contribution is 6.04. The molecule has 1 aliphatic carbocycles. The van der Waals surface area contributed by atoms with Crippen LogP contribution >= 0.6 is 0 Å². The van der Waals surface area contributed by atoms with Crippen molar-refractivity contribution in [1.29, 1.82) is 0 Å². The third-order valence-corrected chi connectivity index (χ3v) is 4.98. The van der Waals surface area contributed by atoms with E-state index >= 15 is 0 Å². The van der Waals surface area contributed by atoms with E-state index in [1.807, 2.05) is 36.4 Å². The summed E-state index contributed by atoms with van der Waals surface area (Å²) in [6.45, 7) is -0.00956. The number of aliphatic imine (C=N–C) groups is 1. The van der Waals surface area contributed by atoms with E-state index in [4.69, 9.17) is 4.74 Å². The van der Waals surface area contributed by atoms with Gasteiger partial charge in [-0.05, 0) is 31.4 Å². The molecule has 1 aromatic carbocycles. The molecule has 0 fully saturated rings. The van der Waals surface area contributed by atoms with E-state index in [9.17, 15) is 23.1 Å². The van der Waals surface area contributed by atoms with Gasteiger partial charge in [0.15, 0.2) is 6.61 Å². The first-order valence-corrected chi connectivity index (χ1v) is 9.62. The summed E-state index contributed by atoms with van der Waals surface area (Å²) in [5.74, 6) is -0.524. The van der Waals surface area contributed by atoms with E-state index in [0.717, 1.165) is 5.56 Å². The van der Waals surface area contributed by atoms with Crippen molar-refractivity contribution in [3.8, 4) is 0 Å². The van der Waals surface area contributed by atoms with Gasteiger partial charge in [-0.2, -0.15) is 13.2 Å². The van der Waals surface area contributed by atoms with Crippen molar-refractivity contribution in [2.45, 2.75) is 32.0 Å². The molecule has 3 rings (SSSR count). The minimum Gasteiger partial charge on any atom is -0.482 e. The Kier molecular flexibility index (Phi) is 6.77. The van der Waals surface area contributed by atoms with Crippen molar-refractivity contribution in [2.24, 2.45) is 10.9 Å². The fourth-order valence-electron chi connectivity index (χ4n) is 3.46. The maximum atomic E-state index is 12.9. The number of carbonyl (C=O) groups is 1. The largest absolute Gasteiger partial charge is 0.482 e. The van der Waals surface area contributed by atoms with Gasteiger partial charge in [0.05, 0.1) is 18.4 Å². The molecule has 0 saturated heterocycles. The standard InChI is InChI=1S/C22H23F3N2O3/c1-14-17(21(29)27-18(12-28)15-6-3-2-4-7-15)11-10-16-8-5-9-19(20(16)26-14)30-13-22(23,24)25/h2-9,16,18,28H,10-13H2,1H3,(H,27,29)/t16?,18-/m0/s1. The molecule has 0 bridgehead atoms. The van der Waals surface area contributed by atoms with Crippen molar-refractivity contribution >= 4 is 11.6 Å². The van der Waals surface area contributed by atoms with Crippen LogP contribution in [0.2, 0.25) is 0 Å². The van der Waals surface area contributed by atoms with Crippen LogP contribution in [-0.4, -0.2) is 36.1 Å². The van der Waals surface area contributed by atoms with Crippen molar-refractivity contribution < 1.29 is 27.8 Å². The van der Waals surface area contributed by atoms with E-state index < -0.39 is 18.8 Å². The predicted molar refractivity (Wildman–Crippen MR) is 107 cm³/mol. The maximum Gasteiger partial charge on any atom is 0.422 e. The second-order valence-electron chi connectivity index (χ2n) is 7.15. The molecule has 1 amide bonds. The highest BCUT2D eigenvalue weighted by Gasteiger charge is 2.32. The lowest BCUT2D eigenvalue weighted by atomic mass is 9.91. The van der Waals surface area contributed by atoms with Gasteiger partial charge >= 0.3 is 6.18 Å². The average Bonchev–Trinajstić information content (AvgIpc) is 2.89. The number of benzene rings is 1. The van der Waals surface area contributed by atoms with Crippen LogP contribution in [0.25, 0.3) is 0 Å². The molecule has 1 aliphatic heterocycles. The number of carbonyl (C=O) groups excluding carboxylic acids is 1. The van der Waals surface area contributed by atoms with E-state index in [1.54, 1.807) is 13.0 Å². The number of alkyl halides is 3. The number of aliphatic hydroxyl groups excluding tert-OH is 1. The summed E-state index contributed by atoms with van der Waals surface area (Å²) in [6, 6.07) is 8.53.